The number of halogens is 1. The summed E-state index contributed by atoms with van der Waals surface area (Å²) in [6.07, 6.45) is 2.26. The predicted molar refractivity (Wildman–Crippen MR) is 76.4 cm³/mol. The maximum Gasteiger partial charge on any atom is 0.0926 e. The van der Waals surface area contributed by atoms with E-state index in [1.807, 2.05) is 50.2 Å². The van der Waals surface area contributed by atoms with Gasteiger partial charge < -0.3 is 5.11 Å². The molecule has 2 aromatic rings. The zero-order chi connectivity index (χ0) is 13.2. The molecule has 1 heterocycles. The summed E-state index contributed by atoms with van der Waals surface area (Å²) < 4.78 is 0.946. The number of benzene rings is 1. The molecule has 0 saturated heterocycles. The van der Waals surface area contributed by atoms with E-state index in [4.69, 9.17) is 0 Å². The third-order valence-electron chi connectivity index (χ3n) is 3.04. The Bertz CT molecular complexity index is 534. The van der Waals surface area contributed by atoms with Gasteiger partial charge in [-0.15, -0.1) is 0 Å². The number of aromatic nitrogens is 1. The second-order valence-electron chi connectivity index (χ2n) is 4.73. The van der Waals surface area contributed by atoms with Crippen molar-refractivity contribution in [3.05, 3.63) is 63.9 Å². The van der Waals surface area contributed by atoms with Gasteiger partial charge in [0.1, 0.15) is 0 Å². The van der Waals surface area contributed by atoms with Gasteiger partial charge in [0.25, 0.3) is 0 Å². The summed E-state index contributed by atoms with van der Waals surface area (Å²) in [6.45, 7) is 3.85. The van der Waals surface area contributed by atoms with Gasteiger partial charge in [-0.1, -0.05) is 24.3 Å². The first-order valence-corrected chi connectivity index (χ1v) is 6.67. The Kier molecular flexibility index (Phi) is 3.83. The van der Waals surface area contributed by atoms with Gasteiger partial charge in [0.05, 0.1) is 5.60 Å². The average Bonchev–Trinajstić information content (AvgIpc) is 2.32. The first-order chi connectivity index (χ1) is 8.49. The van der Waals surface area contributed by atoms with E-state index in [1.54, 1.807) is 6.20 Å². The molecule has 0 aliphatic rings. The highest BCUT2D eigenvalue weighted by molar-refractivity contribution is 9.10. The highest BCUT2D eigenvalue weighted by atomic mass is 79.9. The van der Waals surface area contributed by atoms with Crippen molar-refractivity contribution in [2.45, 2.75) is 25.9 Å². The van der Waals surface area contributed by atoms with Crippen molar-refractivity contribution in [2.75, 3.05) is 0 Å². The van der Waals surface area contributed by atoms with E-state index >= 15 is 0 Å². The first-order valence-electron chi connectivity index (χ1n) is 5.88. The third kappa shape index (κ3) is 2.98. The second kappa shape index (κ2) is 5.21. The van der Waals surface area contributed by atoms with Crippen LogP contribution in [0.5, 0.6) is 0 Å². The van der Waals surface area contributed by atoms with Crippen molar-refractivity contribution >= 4 is 15.9 Å². The predicted octanol–water partition coefficient (Wildman–Crippen LogP) is 3.60. The van der Waals surface area contributed by atoms with Crippen LogP contribution < -0.4 is 0 Å². The van der Waals surface area contributed by atoms with Crippen LogP contribution in [0.2, 0.25) is 0 Å². The molecule has 1 atom stereocenters. The molecule has 0 saturated carbocycles. The average molecular weight is 306 g/mol. The summed E-state index contributed by atoms with van der Waals surface area (Å²) in [5.74, 6) is 0. The van der Waals surface area contributed by atoms with Crippen LogP contribution in [-0.2, 0) is 12.0 Å². The zero-order valence-electron chi connectivity index (χ0n) is 10.5. The third-order valence-corrected chi connectivity index (χ3v) is 3.51. The monoisotopic (exact) mass is 305 g/mol. The van der Waals surface area contributed by atoms with Gasteiger partial charge in [-0.3, -0.25) is 4.98 Å². The minimum atomic E-state index is -0.897. The topological polar surface area (TPSA) is 33.1 Å². The van der Waals surface area contributed by atoms with Crippen molar-refractivity contribution in [3.63, 3.8) is 0 Å². The molecule has 94 valence electrons. The number of nitrogens with zero attached hydrogens (tertiary/aromatic N) is 1. The fourth-order valence-electron chi connectivity index (χ4n) is 2.14. The molecule has 1 unspecified atom stereocenters. The Morgan fingerprint density at radius 1 is 1.22 bits per heavy atom. The molecule has 0 amide bonds. The van der Waals surface area contributed by atoms with Gasteiger partial charge in [-0.05, 0) is 53.0 Å². The maximum atomic E-state index is 10.6. The SMILES string of the molecule is Cc1ccccc1C(C)(O)Cc1ccc(Br)cn1. The summed E-state index contributed by atoms with van der Waals surface area (Å²) in [5, 5.41) is 10.6. The lowest BCUT2D eigenvalue weighted by Gasteiger charge is -2.25. The molecule has 0 aliphatic carbocycles. The van der Waals surface area contributed by atoms with E-state index in [0.29, 0.717) is 6.42 Å². The molecular formula is C15H16BrNO. The molecule has 0 spiro atoms. The Morgan fingerprint density at radius 3 is 2.56 bits per heavy atom. The van der Waals surface area contributed by atoms with Crippen molar-refractivity contribution in [1.29, 1.82) is 0 Å². The summed E-state index contributed by atoms with van der Waals surface area (Å²) >= 11 is 3.36. The van der Waals surface area contributed by atoms with Crippen molar-refractivity contribution in [1.82, 2.24) is 4.98 Å². The van der Waals surface area contributed by atoms with Crippen LogP contribution in [0.4, 0.5) is 0 Å². The van der Waals surface area contributed by atoms with Crippen LogP contribution in [-0.4, -0.2) is 10.1 Å². The van der Waals surface area contributed by atoms with Crippen LogP contribution in [0.25, 0.3) is 0 Å². The van der Waals surface area contributed by atoms with E-state index in [-0.39, 0.29) is 0 Å². The van der Waals surface area contributed by atoms with Crippen molar-refractivity contribution in [3.8, 4) is 0 Å². The van der Waals surface area contributed by atoms with Gasteiger partial charge in [-0.2, -0.15) is 0 Å². The molecule has 1 aromatic carbocycles. The Labute approximate surface area is 116 Å². The molecule has 0 radical (unpaired) electrons. The van der Waals surface area contributed by atoms with Crippen LogP contribution in [0.3, 0.4) is 0 Å². The number of pyridine rings is 1. The highest BCUT2D eigenvalue weighted by Gasteiger charge is 2.25. The van der Waals surface area contributed by atoms with Gasteiger partial charge >= 0.3 is 0 Å². The summed E-state index contributed by atoms with van der Waals surface area (Å²) in [4.78, 5) is 4.31. The molecule has 2 nitrogen and oxygen atoms in total. The molecule has 2 rings (SSSR count). The molecule has 18 heavy (non-hydrogen) atoms. The highest BCUT2D eigenvalue weighted by Crippen LogP contribution is 2.27. The minimum absolute atomic E-state index is 0.505. The van der Waals surface area contributed by atoms with Crippen molar-refractivity contribution in [2.24, 2.45) is 0 Å². The van der Waals surface area contributed by atoms with E-state index < -0.39 is 5.60 Å². The molecule has 1 N–H and O–H groups in total. The number of rotatable bonds is 3. The molecule has 3 heteroatoms. The molecule has 0 bridgehead atoms. The lowest BCUT2D eigenvalue weighted by molar-refractivity contribution is 0.0559. The Hall–Kier alpha value is -1.19. The fourth-order valence-corrected chi connectivity index (χ4v) is 2.37. The second-order valence-corrected chi connectivity index (χ2v) is 5.65. The van der Waals surface area contributed by atoms with E-state index in [2.05, 4.69) is 20.9 Å². The van der Waals surface area contributed by atoms with Crippen LogP contribution in [0, 0.1) is 6.92 Å². The van der Waals surface area contributed by atoms with Crippen LogP contribution in [0.1, 0.15) is 23.7 Å². The lowest BCUT2D eigenvalue weighted by Crippen LogP contribution is -2.25. The summed E-state index contributed by atoms with van der Waals surface area (Å²) in [6, 6.07) is 11.8. The van der Waals surface area contributed by atoms with Gasteiger partial charge in [-0.25, -0.2) is 0 Å². The smallest absolute Gasteiger partial charge is 0.0926 e. The standard InChI is InChI=1S/C15H16BrNO/c1-11-5-3-4-6-14(11)15(2,18)9-13-8-7-12(16)10-17-13/h3-8,10,18H,9H2,1-2H3. The lowest BCUT2D eigenvalue weighted by atomic mass is 9.88. The Morgan fingerprint density at radius 2 is 1.94 bits per heavy atom. The van der Waals surface area contributed by atoms with E-state index in [0.717, 1.165) is 21.3 Å². The number of aliphatic hydroxyl groups is 1. The van der Waals surface area contributed by atoms with Gasteiger partial charge in [0.15, 0.2) is 0 Å². The minimum Gasteiger partial charge on any atom is -0.385 e. The largest absolute Gasteiger partial charge is 0.385 e. The molecule has 0 aliphatic heterocycles. The molecular weight excluding hydrogens is 290 g/mol. The molecule has 0 fully saturated rings. The quantitative estimate of drug-likeness (QED) is 0.940. The van der Waals surface area contributed by atoms with Crippen molar-refractivity contribution < 1.29 is 5.11 Å². The zero-order valence-corrected chi connectivity index (χ0v) is 12.1. The van der Waals surface area contributed by atoms with Gasteiger partial charge in [0, 0.05) is 22.8 Å². The van der Waals surface area contributed by atoms with Crippen LogP contribution in [0.15, 0.2) is 47.1 Å². The normalized spacial score (nSPS) is 14.2. The fraction of sp³-hybridized carbons (Fsp3) is 0.267. The maximum absolute atomic E-state index is 10.6. The van der Waals surface area contributed by atoms with Gasteiger partial charge in [0.2, 0.25) is 0 Å². The number of hydrogen-bond donors (Lipinski definition) is 1. The number of aryl methyl sites for hydroxylation is 1. The first kappa shape index (κ1) is 13.2. The summed E-state index contributed by atoms with van der Waals surface area (Å²) in [7, 11) is 0. The van der Waals surface area contributed by atoms with Crippen LogP contribution >= 0.6 is 15.9 Å². The number of hydrogen-bond acceptors (Lipinski definition) is 2. The Balaban J connectivity index is 2.27. The van der Waals surface area contributed by atoms with E-state index in [1.165, 1.54) is 0 Å². The van der Waals surface area contributed by atoms with E-state index in [9.17, 15) is 5.11 Å². The molecule has 1 aromatic heterocycles. The summed E-state index contributed by atoms with van der Waals surface area (Å²) in [5.41, 5.74) is 2.03.